The molecule has 1 saturated carbocycles. The van der Waals surface area contributed by atoms with Crippen molar-refractivity contribution in [2.45, 2.75) is 43.8 Å². The summed E-state index contributed by atoms with van der Waals surface area (Å²) in [5, 5.41) is 0. The Balaban J connectivity index is 1.33. The molecule has 23 heavy (non-hydrogen) atoms. The van der Waals surface area contributed by atoms with Gasteiger partial charge in [0.15, 0.2) is 5.82 Å². The maximum absolute atomic E-state index is 13.7. The molecule has 3 heterocycles. The zero-order chi connectivity index (χ0) is 15.9. The first-order valence-corrected chi connectivity index (χ1v) is 8.32. The lowest BCUT2D eigenvalue weighted by atomic mass is 9.84. The van der Waals surface area contributed by atoms with Gasteiger partial charge < -0.3 is 14.4 Å². The van der Waals surface area contributed by atoms with Crippen LogP contribution in [0.25, 0.3) is 0 Å². The third-order valence-electron chi connectivity index (χ3n) is 4.92. The van der Waals surface area contributed by atoms with Gasteiger partial charge in [0.05, 0.1) is 19.7 Å². The molecule has 6 heteroatoms. The molecule has 1 amide bonds. The second-order valence-corrected chi connectivity index (χ2v) is 6.95. The summed E-state index contributed by atoms with van der Waals surface area (Å²) in [6.07, 6.45) is 5.85. The number of hydrogen-bond donors (Lipinski definition) is 0. The molecule has 2 saturated heterocycles. The molecular formula is C17H21FN2O3. The van der Waals surface area contributed by atoms with Gasteiger partial charge >= 0.3 is 0 Å². The highest BCUT2D eigenvalue weighted by Gasteiger charge is 2.50. The molecule has 0 aromatic carbocycles. The van der Waals surface area contributed by atoms with Gasteiger partial charge in [0.2, 0.25) is 5.91 Å². The van der Waals surface area contributed by atoms with E-state index in [2.05, 4.69) is 4.98 Å². The molecule has 1 aliphatic carbocycles. The van der Waals surface area contributed by atoms with Gasteiger partial charge in [0.25, 0.3) is 5.88 Å². The minimum Gasteiger partial charge on any atom is -0.472 e. The lowest BCUT2D eigenvalue weighted by molar-refractivity contribution is -0.193. The molecule has 0 N–H and O–H groups in total. The predicted molar refractivity (Wildman–Crippen MR) is 80.4 cm³/mol. The van der Waals surface area contributed by atoms with E-state index in [1.807, 2.05) is 4.90 Å². The van der Waals surface area contributed by atoms with E-state index in [1.54, 1.807) is 6.07 Å². The molecule has 2 aliphatic heterocycles. The number of nitrogens with zero attached hydrogens (tertiary/aromatic N) is 2. The number of carbonyl (C=O) groups excluding carboxylic acids is 1. The molecule has 0 bridgehead atoms. The van der Waals surface area contributed by atoms with Crippen LogP contribution in [0.1, 0.15) is 32.1 Å². The van der Waals surface area contributed by atoms with Crippen molar-refractivity contribution in [3.63, 3.8) is 0 Å². The van der Waals surface area contributed by atoms with E-state index in [-0.39, 0.29) is 23.5 Å². The largest absolute Gasteiger partial charge is 0.472 e. The minimum atomic E-state index is -0.442. The third-order valence-corrected chi connectivity index (χ3v) is 4.92. The van der Waals surface area contributed by atoms with Crippen LogP contribution >= 0.6 is 0 Å². The number of rotatable bonds is 4. The number of carbonyl (C=O) groups is 1. The smallest absolute Gasteiger partial charge is 0.250 e. The number of aromatic nitrogens is 1. The van der Waals surface area contributed by atoms with Gasteiger partial charge in [-0.15, -0.1) is 0 Å². The Morgan fingerprint density at radius 3 is 3.00 bits per heavy atom. The topological polar surface area (TPSA) is 51.7 Å². The maximum Gasteiger partial charge on any atom is 0.250 e. The molecule has 1 spiro atoms. The van der Waals surface area contributed by atoms with E-state index in [9.17, 15) is 9.18 Å². The van der Waals surface area contributed by atoms with Crippen molar-refractivity contribution in [2.75, 3.05) is 19.7 Å². The van der Waals surface area contributed by atoms with Crippen LogP contribution < -0.4 is 4.74 Å². The number of halogens is 1. The monoisotopic (exact) mass is 320 g/mol. The van der Waals surface area contributed by atoms with Gasteiger partial charge in [0, 0.05) is 25.5 Å². The van der Waals surface area contributed by atoms with Crippen LogP contribution in [-0.2, 0) is 9.53 Å². The van der Waals surface area contributed by atoms with Crippen molar-refractivity contribution in [3.05, 3.63) is 24.1 Å². The summed E-state index contributed by atoms with van der Waals surface area (Å²) in [7, 11) is 0. The zero-order valence-corrected chi connectivity index (χ0v) is 13.0. The highest BCUT2D eigenvalue weighted by Crippen LogP contribution is 2.38. The van der Waals surface area contributed by atoms with Gasteiger partial charge in [-0.05, 0) is 30.9 Å². The standard InChI is InChI=1S/C17H21FN2O3/c18-14-2-1-6-19-16(14)23-13-5-7-22-17(9-13)10-20(11-17)15(21)8-12-3-4-12/h1-2,6,12-13H,3-5,7-11H2/t13-/m0/s1. The van der Waals surface area contributed by atoms with E-state index in [0.29, 0.717) is 44.9 Å². The Hall–Kier alpha value is -1.69. The van der Waals surface area contributed by atoms with Crippen LogP contribution in [0.3, 0.4) is 0 Å². The Morgan fingerprint density at radius 1 is 1.43 bits per heavy atom. The zero-order valence-electron chi connectivity index (χ0n) is 13.0. The molecule has 0 radical (unpaired) electrons. The van der Waals surface area contributed by atoms with Crippen LogP contribution in [0.15, 0.2) is 18.3 Å². The van der Waals surface area contributed by atoms with E-state index < -0.39 is 5.82 Å². The normalized spacial score (nSPS) is 26.0. The first kappa shape index (κ1) is 14.9. The highest BCUT2D eigenvalue weighted by molar-refractivity contribution is 5.78. The van der Waals surface area contributed by atoms with Gasteiger partial charge in [-0.3, -0.25) is 4.79 Å². The first-order valence-electron chi connectivity index (χ1n) is 8.32. The Labute approximate surface area is 134 Å². The molecular weight excluding hydrogens is 299 g/mol. The molecule has 1 atom stereocenters. The average Bonchev–Trinajstić information content (AvgIpc) is 3.31. The van der Waals surface area contributed by atoms with E-state index in [0.717, 1.165) is 0 Å². The fourth-order valence-electron chi connectivity index (χ4n) is 3.44. The quantitative estimate of drug-likeness (QED) is 0.853. The molecule has 3 aliphatic rings. The van der Waals surface area contributed by atoms with Gasteiger partial charge in [-0.2, -0.15) is 0 Å². The second kappa shape index (κ2) is 5.74. The fraction of sp³-hybridized carbons (Fsp3) is 0.647. The molecule has 5 nitrogen and oxygen atoms in total. The van der Waals surface area contributed by atoms with E-state index >= 15 is 0 Å². The number of amides is 1. The fourth-order valence-corrected chi connectivity index (χ4v) is 3.44. The summed E-state index contributed by atoms with van der Waals surface area (Å²) in [5.41, 5.74) is -0.312. The maximum atomic E-state index is 13.7. The third kappa shape index (κ3) is 3.17. The van der Waals surface area contributed by atoms with Crippen molar-refractivity contribution in [3.8, 4) is 5.88 Å². The van der Waals surface area contributed by atoms with Crippen LogP contribution in [0, 0.1) is 11.7 Å². The second-order valence-electron chi connectivity index (χ2n) is 6.95. The number of likely N-dealkylation sites (tertiary alicyclic amines) is 1. The van der Waals surface area contributed by atoms with E-state index in [1.165, 1.54) is 25.1 Å². The van der Waals surface area contributed by atoms with Crippen molar-refractivity contribution in [1.82, 2.24) is 9.88 Å². The molecule has 4 rings (SSSR count). The van der Waals surface area contributed by atoms with Crippen LogP contribution in [0.2, 0.25) is 0 Å². The molecule has 3 fully saturated rings. The summed E-state index contributed by atoms with van der Waals surface area (Å²) in [5.74, 6) is 0.452. The SMILES string of the molecule is O=C(CC1CC1)N1CC2(C[C@@H](Oc3ncccc3F)CCO2)C1. The van der Waals surface area contributed by atoms with Gasteiger partial charge in [-0.1, -0.05) is 0 Å². The molecule has 124 valence electrons. The highest BCUT2D eigenvalue weighted by atomic mass is 19.1. The average molecular weight is 320 g/mol. The molecule has 1 aromatic heterocycles. The van der Waals surface area contributed by atoms with Crippen LogP contribution in [0.5, 0.6) is 5.88 Å². The minimum absolute atomic E-state index is 0.0514. The summed E-state index contributed by atoms with van der Waals surface area (Å²) in [6.45, 7) is 1.83. The van der Waals surface area contributed by atoms with Crippen LogP contribution in [-0.4, -0.2) is 47.2 Å². The number of hydrogen-bond acceptors (Lipinski definition) is 4. The lowest BCUT2D eigenvalue weighted by Gasteiger charge is -2.52. The summed E-state index contributed by atoms with van der Waals surface area (Å²) in [4.78, 5) is 17.9. The van der Waals surface area contributed by atoms with Crippen LogP contribution in [0.4, 0.5) is 4.39 Å². The number of ether oxygens (including phenoxy) is 2. The molecule has 1 aromatic rings. The van der Waals surface area contributed by atoms with Crippen molar-refractivity contribution < 1.29 is 18.7 Å². The van der Waals surface area contributed by atoms with E-state index in [4.69, 9.17) is 9.47 Å². The first-order chi connectivity index (χ1) is 11.1. The molecule has 0 unspecified atom stereocenters. The summed E-state index contributed by atoms with van der Waals surface area (Å²) >= 11 is 0. The Kier molecular flexibility index (Phi) is 3.71. The van der Waals surface area contributed by atoms with Crippen molar-refractivity contribution in [2.24, 2.45) is 5.92 Å². The summed E-state index contributed by atoms with van der Waals surface area (Å²) < 4.78 is 25.3. The Bertz CT molecular complexity index is 599. The van der Waals surface area contributed by atoms with Gasteiger partial charge in [-0.25, -0.2) is 9.37 Å². The predicted octanol–water partition coefficient (Wildman–Crippen LogP) is 2.16. The summed E-state index contributed by atoms with van der Waals surface area (Å²) in [6, 6.07) is 2.89. The number of pyridine rings is 1. The van der Waals surface area contributed by atoms with Gasteiger partial charge in [0.1, 0.15) is 11.7 Å². The van der Waals surface area contributed by atoms with Crippen molar-refractivity contribution in [1.29, 1.82) is 0 Å². The Morgan fingerprint density at radius 2 is 2.26 bits per heavy atom. The lowest BCUT2D eigenvalue weighted by Crippen LogP contribution is -2.67. The van der Waals surface area contributed by atoms with Crippen molar-refractivity contribution >= 4 is 5.91 Å².